The van der Waals surface area contributed by atoms with E-state index >= 15 is 0 Å². The molecule has 1 atom stereocenters. The van der Waals surface area contributed by atoms with Crippen LogP contribution < -0.4 is 5.32 Å². The van der Waals surface area contributed by atoms with Gasteiger partial charge in [0.15, 0.2) is 0 Å². The van der Waals surface area contributed by atoms with Gasteiger partial charge in [-0.2, -0.15) is 0 Å². The molecule has 2 heteroatoms. The zero-order chi connectivity index (χ0) is 11.4. The van der Waals surface area contributed by atoms with Crippen LogP contribution in [0.2, 0.25) is 0 Å². The first-order chi connectivity index (χ1) is 7.81. The van der Waals surface area contributed by atoms with E-state index < -0.39 is 0 Å². The third kappa shape index (κ3) is 2.62. The number of rotatable bonds is 5. The molecule has 1 N–H and O–H groups in total. The van der Waals surface area contributed by atoms with Crippen LogP contribution in [0.25, 0.3) is 0 Å². The summed E-state index contributed by atoms with van der Waals surface area (Å²) in [5.74, 6) is 0.601. The Hall–Kier alpha value is -0.890. The molecule has 1 nitrogen and oxygen atoms in total. The molecule has 0 spiro atoms. The zero-order valence-electron chi connectivity index (χ0n) is 9.88. The lowest BCUT2D eigenvalue weighted by molar-refractivity contribution is 0.231. The Morgan fingerprint density at radius 1 is 1.31 bits per heavy atom. The van der Waals surface area contributed by atoms with E-state index in [9.17, 15) is 4.39 Å². The number of hydrogen-bond donors (Lipinski definition) is 1. The van der Waals surface area contributed by atoms with Crippen molar-refractivity contribution in [1.82, 2.24) is 5.32 Å². The first-order valence-electron chi connectivity index (χ1n) is 6.30. The van der Waals surface area contributed by atoms with Crippen LogP contribution in [0.5, 0.6) is 0 Å². The molecule has 0 saturated heterocycles. The molecule has 2 rings (SSSR count). The standard InChI is InChI=1S/C14H20FN/c1-2-10-16-14(11-4-3-5-11)12-6-8-13(15)9-7-12/h6-9,11,14,16H,2-5,10H2,1H3. The molecule has 0 amide bonds. The number of halogens is 1. The molecule has 1 aromatic rings. The monoisotopic (exact) mass is 221 g/mol. The predicted octanol–water partition coefficient (Wildman–Crippen LogP) is 3.67. The second kappa shape index (κ2) is 5.44. The third-order valence-corrected chi connectivity index (χ3v) is 3.46. The molecule has 1 saturated carbocycles. The molecule has 0 aliphatic heterocycles. The van der Waals surface area contributed by atoms with Crippen LogP contribution >= 0.6 is 0 Å². The summed E-state index contributed by atoms with van der Waals surface area (Å²) in [5.41, 5.74) is 1.24. The molecule has 1 aromatic carbocycles. The average Bonchev–Trinajstić information content (AvgIpc) is 2.23. The quantitative estimate of drug-likeness (QED) is 0.800. The highest BCUT2D eigenvalue weighted by Crippen LogP contribution is 2.37. The second-order valence-corrected chi connectivity index (χ2v) is 4.67. The van der Waals surface area contributed by atoms with E-state index in [0.29, 0.717) is 6.04 Å². The lowest BCUT2D eigenvalue weighted by Crippen LogP contribution is -2.32. The molecule has 1 fully saturated rings. The Morgan fingerprint density at radius 2 is 2.00 bits per heavy atom. The van der Waals surface area contributed by atoms with Crippen LogP contribution in [0, 0.1) is 11.7 Å². The van der Waals surface area contributed by atoms with Crippen molar-refractivity contribution in [2.75, 3.05) is 6.54 Å². The topological polar surface area (TPSA) is 12.0 Å². The molecule has 1 aliphatic rings. The van der Waals surface area contributed by atoms with Gasteiger partial charge in [0.1, 0.15) is 5.82 Å². The van der Waals surface area contributed by atoms with Crippen LogP contribution in [-0.4, -0.2) is 6.54 Å². The molecule has 0 aromatic heterocycles. The SMILES string of the molecule is CCCNC(c1ccc(F)cc1)C1CCC1. The van der Waals surface area contributed by atoms with Gasteiger partial charge >= 0.3 is 0 Å². The smallest absolute Gasteiger partial charge is 0.123 e. The van der Waals surface area contributed by atoms with Gasteiger partial charge in [-0.1, -0.05) is 25.5 Å². The fourth-order valence-electron chi connectivity index (χ4n) is 2.30. The minimum atomic E-state index is -0.147. The van der Waals surface area contributed by atoms with Crippen LogP contribution in [0.3, 0.4) is 0 Å². The number of nitrogens with one attached hydrogen (secondary N) is 1. The Labute approximate surface area is 97.1 Å². The van der Waals surface area contributed by atoms with Crippen LogP contribution in [0.4, 0.5) is 4.39 Å². The van der Waals surface area contributed by atoms with Crippen molar-refractivity contribution in [3.63, 3.8) is 0 Å². The van der Waals surface area contributed by atoms with Crippen molar-refractivity contribution < 1.29 is 4.39 Å². The summed E-state index contributed by atoms with van der Waals surface area (Å²) in [5, 5.41) is 3.58. The fourth-order valence-corrected chi connectivity index (χ4v) is 2.30. The van der Waals surface area contributed by atoms with E-state index in [0.717, 1.165) is 18.9 Å². The van der Waals surface area contributed by atoms with Crippen molar-refractivity contribution in [2.45, 2.75) is 38.6 Å². The summed E-state index contributed by atoms with van der Waals surface area (Å²) in [6.45, 7) is 3.22. The lowest BCUT2D eigenvalue weighted by Gasteiger charge is -2.34. The van der Waals surface area contributed by atoms with Crippen molar-refractivity contribution in [2.24, 2.45) is 5.92 Å². The van der Waals surface area contributed by atoms with Gasteiger partial charge in [-0.3, -0.25) is 0 Å². The van der Waals surface area contributed by atoms with E-state index in [1.54, 1.807) is 12.1 Å². The van der Waals surface area contributed by atoms with Crippen molar-refractivity contribution >= 4 is 0 Å². The number of hydrogen-bond acceptors (Lipinski definition) is 1. The minimum absolute atomic E-state index is 0.147. The van der Waals surface area contributed by atoms with Gasteiger partial charge in [-0.25, -0.2) is 4.39 Å². The van der Waals surface area contributed by atoms with Crippen LogP contribution in [0.15, 0.2) is 24.3 Å². The predicted molar refractivity (Wildman–Crippen MR) is 64.8 cm³/mol. The minimum Gasteiger partial charge on any atom is -0.310 e. The third-order valence-electron chi connectivity index (χ3n) is 3.46. The van der Waals surface area contributed by atoms with E-state index in [4.69, 9.17) is 0 Å². The molecule has 0 bridgehead atoms. The van der Waals surface area contributed by atoms with Gasteiger partial charge < -0.3 is 5.32 Å². The van der Waals surface area contributed by atoms with E-state index in [-0.39, 0.29) is 5.82 Å². The Kier molecular flexibility index (Phi) is 3.94. The van der Waals surface area contributed by atoms with Crippen LogP contribution in [-0.2, 0) is 0 Å². The fraction of sp³-hybridized carbons (Fsp3) is 0.571. The molecular weight excluding hydrogens is 201 g/mol. The van der Waals surface area contributed by atoms with E-state index in [1.807, 2.05) is 12.1 Å². The van der Waals surface area contributed by atoms with Crippen molar-refractivity contribution in [1.29, 1.82) is 0 Å². The molecular formula is C14H20FN. The van der Waals surface area contributed by atoms with Gasteiger partial charge in [-0.15, -0.1) is 0 Å². The summed E-state index contributed by atoms with van der Waals surface area (Å²) in [6.07, 6.45) is 5.10. The molecule has 88 valence electrons. The molecule has 1 aliphatic carbocycles. The zero-order valence-corrected chi connectivity index (χ0v) is 9.88. The second-order valence-electron chi connectivity index (χ2n) is 4.67. The van der Waals surface area contributed by atoms with Crippen LogP contribution in [0.1, 0.15) is 44.2 Å². The van der Waals surface area contributed by atoms with E-state index in [2.05, 4.69) is 12.2 Å². The highest BCUT2D eigenvalue weighted by atomic mass is 19.1. The Bertz CT molecular complexity index is 316. The Morgan fingerprint density at radius 3 is 2.50 bits per heavy atom. The maximum atomic E-state index is 12.9. The average molecular weight is 221 g/mol. The van der Waals surface area contributed by atoms with E-state index in [1.165, 1.54) is 24.8 Å². The Balaban J connectivity index is 2.07. The van der Waals surface area contributed by atoms with Crippen molar-refractivity contribution in [3.8, 4) is 0 Å². The van der Waals surface area contributed by atoms with Crippen molar-refractivity contribution in [3.05, 3.63) is 35.6 Å². The normalized spacial score (nSPS) is 18.1. The first-order valence-corrected chi connectivity index (χ1v) is 6.30. The highest BCUT2D eigenvalue weighted by molar-refractivity contribution is 5.21. The summed E-state index contributed by atoms with van der Waals surface area (Å²) in [7, 11) is 0. The molecule has 0 radical (unpaired) electrons. The maximum Gasteiger partial charge on any atom is 0.123 e. The highest BCUT2D eigenvalue weighted by Gasteiger charge is 2.27. The molecule has 1 unspecified atom stereocenters. The van der Waals surface area contributed by atoms with Gasteiger partial charge in [0.05, 0.1) is 0 Å². The summed E-state index contributed by atoms with van der Waals surface area (Å²) in [6, 6.07) is 7.39. The largest absolute Gasteiger partial charge is 0.310 e. The van der Waals surface area contributed by atoms with Gasteiger partial charge in [-0.05, 0) is 49.4 Å². The lowest BCUT2D eigenvalue weighted by atomic mass is 9.77. The first kappa shape index (κ1) is 11.6. The summed E-state index contributed by atoms with van der Waals surface area (Å²) >= 11 is 0. The molecule has 0 heterocycles. The van der Waals surface area contributed by atoms with Gasteiger partial charge in [0, 0.05) is 6.04 Å². The number of benzene rings is 1. The summed E-state index contributed by atoms with van der Waals surface area (Å²) < 4.78 is 12.9. The summed E-state index contributed by atoms with van der Waals surface area (Å²) in [4.78, 5) is 0. The van der Waals surface area contributed by atoms with Gasteiger partial charge in [0.2, 0.25) is 0 Å². The van der Waals surface area contributed by atoms with Gasteiger partial charge in [0.25, 0.3) is 0 Å². The molecule has 16 heavy (non-hydrogen) atoms. The maximum absolute atomic E-state index is 12.9.